The van der Waals surface area contributed by atoms with Crippen LogP contribution < -0.4 is 15.4 Å². The minimum absolute atomic E-state index is 0.0104. The van der Waals surface area contributed by atoms with Crippen LogP contribution in [-0.4, -0.2) is 48.1 Å². The normalized spacial score (nSPS) is 17.3. The zero-order valence-corrected chi connectivity index (χ0v) is 17.5. The smallest absolute Gasteiger partial charge is 0.334 e. The van der Waals surface area contributed by atoms with Crippen molar-refractivity contribution in [2.45, 2.75) is 32.0 Å². The Kier molecular flexibility index (Phi) is 5.21. The highest BCUT2D eigenvalue weighted by atomic mass is 19.3. The number of benzene rings is 1. The van der Waals surface area contributed by atoms with Gasteiger partial charge in [-0.3, -0.25) is 4.79 Å². The van der Waals surface area contributed by atoms with E-state index < -0.39 is 12.7 Å². The van der Waals surface area contributed by atoms with Gasteiger partial charge < -0.3 is 15.4 Å². The number of alkyl halides is 2. The molecule has 12 heteroatoms. The van der Waals surface area contributed by atoms with E-state index in [-0.39, 0.29) is 23.5 Å². The summed E-state index contributed by atoms with van der Waals surface area (Å²) >= 11 is 0. The number of nitrogens with two attached hydrogens (primary N) is 1. The number of carbonyl (C=O) groups excluding carboxylic acids is 1. The quantitative estimate of drug-likeness (QED) is 0.476. The summed E-state index contributed by atoms with van der Waals surface area (Å²) in [6.07, 6.45) is 2.53. The van der Waals surface area contributed by atoms with Gasteiger partial charge in [0.2, 0.25) is 11.8 Å². The number of halogens is 2. The summed E-state index contributed by atoms with van der Waals surface area (Å²) in [5, 5.41) is 11.6. The number of hydrogen-bond acceptors (Lipinski definition) is 7. The molecule has 1 saturated heterocycles. The number of fused-ring (bicyclic) bond motifs is 1. The van der Waals surface area contributed by atoms with Gasteiger partial charge in [-0.05, 0) is 25.1 Å². The third kappa shape index (κ3) is 4.00. The molecule has 170 valence electrons. The predicted octanol–water partition coefficient (Wildman–Crippen LogP) is 2.59. The molecule has 1 fully saturated rings. The highest BCUT2D eigenvalue weighted by molar-refractivity contribution is 5.96. The van der Waals surface area contributed by atoms with Crippen LogP contribution in [0.3, 0.4) is 0 Å². The first kappa shape index (κ1) is 20.9. The Hall–Kier alpha value is -3.93. The van der Waals surface area contributed by atoms with E-state index in [0.717, 1.165) is 23.1 Å². The fourth-order valence-electron chi connectivity index (χ4n) is 3.73. The number of hydrogen-bond donors (Lipinski definition) is 1. The van der Waals surface area contributed by atoms with Crippen LogP contribution in [0.4, 0.5) is 14.5 Å². The summed E-state index contributed by atoms with van der Waals surface area (Å²) in [4.78, 5) is 18.1. The Morgan fingerprint density at radius 2 is 1.97 bits per heavy atom. The lowest BCUT2D eigenvalue weighted by Gasteiger charge is -2.16. The average molecular weight is 454 g/mol. The second-order valence-corrected chi connectivity index (χ2v) is 7.76. The molecule has 0 radical (unpaired) electrons. The highest BCUT2D eigenvalue weighted by Crippen LogP contribution is 2.27. The molecule has 4 aromatic rings. The summed E-state index contributed by atoms with van der Waals surface area (Å²) in [6.45, 7) is -0.600. The number of imidazole rings is 1. The molecule has 1 aliphatic heterocycles. The van der Waals surface area contributed by atoms with Crippen LogP contribution in [0, 0.1) is 0 Å². The number of nitrogens with zero attached hydrogens (tertiary/aromatic N) is 7. The van der Waals surface area contributed by atoms with Gasteiger partial charge in [-0.15, -0.1) is 10.2 Å². The van der Waals surface area contributed by atoms with Crippen molar-refractivity contribution in [2.24, 2.45) is 5.73 Å². The van der Waals surface area contributed by atoms with Gasteiger partial charge in [0.15, 0.2) is 5.65 Å². The second-order valence-electron chi connectivity index (χ2n) is 7.76. The predicted molar refractivity (Wildman–Crippen MR) is 114 cm³/mol. The molecule has 1 amide bonds. The van der Waals surface area contributed by atoms with E-state index in [1.54, 1.807) is 34.7 Å². The lowest BCUT2D eigenvalue weighted by molar-refractivity contribution is -0.117. The van der Waals surface area contributed by atoms with Crippen molar-refractivity contribution in [3.8, 4) is 17.1 Å². The second kappa shape index (κ2) is 8.20. The SMILES string of the molecule is CC(Oc1ccc2ncc(-c3ccc(N4C[C@@H](N)CC4=O)cc3)n2n1)c1cn(C(F)F)nn1. The van der Waals surface area contributed by atoms with Gasteiger partial charge in [0, 0.05) is 36.3 Å². The van der Waals surface area contributed by atoms with Crippen molar-refractivity contribution in [3.63, 3.8) is 0 Å². The Morgan fingerprint density at radius 1 is 1.18 bits per heavy atom. The van der Waals surface area contributed by atoms with Crippen molar-refractivity contribution in [1.29, 1.82) is 0 Å². The Labute approximate surface area is 186 Å². The highest BCUT2D eigenvalue weighted by Gasteiger charge is 2.28. The number of carbonyl (C=O) groups is 1. The van der Waals surface area contributed by atoms with E-state index in [2.05, 4.69) is 20.4 Å². The molecule has 33 heavy (non-hydrogen) atoms. The van der Waals surface area contributed by atoms with E-state index >= 15 is 0 Å². The van der Waals surface area contributed by atoms with Crippen LogP contribution in [0.2, 0.25) is 0 Å². The molecule has 0 aliphatic carbocycles. The van der Waals surface area contributed by atoms with E-state index in [1.165, 1.54) is 0 Å². The Balaban J connectivity index is 1.38. The molecular formula is C21H20F2N8O2. The molecule has 5 rings (SSSR count). The molecule has 10 nitrogen and oxygen atoms in total. The minimum atomic E-state index is -2.77. The Bertz CT molecular complexity index is 1300. The third-order valence-corrected chi connectivity index (χ3v) is 5.41. The lowest BCUT2D eigenvalue weighted by Crippen LogP contribution is -2.27. The van der Waals surface area contributed by atoms with Gasteiger partial charge in [-0.1, -0.05) is 17.3 Å². The van der Waals surface area contributed by atoms with Crippen molar-refractivity contribution in [3.05, 3.63) is 54.5 Å². The maximum absolute atomic E-state index is 12.7. The molecule has 4 heterocycles. The molecule has 0 saturated carbocycles. The molecule has 3 aromatic heterocycles. The monoisotopic (exact) mass is 454 g/mol. The van der Waals surface area contributed by atoms with Crippen molar-refractivity contribution in [1.82, 2.24) is 29.6 Å². The fourth-order valence-corrected chi connectivity index (χ4v) is 3.73. The maximum atomic E-state index is 12.7. The van der Waals surface area contributed by atoms with Crippen LogP contribution in [-0.2, 0) is 4.79 Å². The average Bonchev–Trinajstić information content (AvgIpc) is 3.52. The largest absolute Gasteiger partial charge is 0.467 e. The molecule has 1 aliphatic rings. The first-order chi connectivity index (χ1) is 15.9. The summed E-state index contributed by atoms with van der Waals surface area (Å²) in [5.41, 5.74) is 9.11. The summed E-state index contributed by atoms with van der Waals surface area (Å²) in [7, 11) is 0. The molecule has 1 aromatic carbocycles. The van der Waals surface area contributed by atoms with Gasteiger partial charge in [-0.25, -0.2) is 9.50 Å². The lowest BCUT2D eigenvalue weighted by atomic mass is 10.1. The summed E-state index contributed by atoms with van der Waals surface area (Å²) < 4.78 is 33.4. The van der Waals surface area contributed by atoms with Gasteiger partial charge in [0.05, 0.1) is 18.1 Å². The summed E-state index contributed by atoms with van der Waals surface area (Å²) in [5.74, 6) is 0.283. The van der Waals surface area contributed by atoms with E-state index in [4.69, 9.17) is 10.5 Å². The van der Waals surface area contributed by atoms with Crippen LogP contribution in [0.15, 0.2) is 48.8 Å². The first-order valence-corrected chi connectivity index (χ1v) is 10.3. The number of amides is 1. The fraction of sp³-hybridized carbons (Fsp3) is 0.286. The minimum Gasteiger partial charge on any atom is -0.467 e. The zero-order valence-electron chi connectivity index (χ0n) is 17.5. The van der Waals surface area contributed by atoms with Crippen molar-refractivity contribution < 1.29 is 18.3 Å². The number of rotatable bonds is 6. The van der Waals surface area contributed by atoms with Gasteiger partial charge >= 0.3 is 6.55 Å². The van der Waals surface area contributed by atoms with Crippen LogP contribution in [0.25, 0.3) is 16.9 Å². The molecule has 0 bridgehead atoms. The van der Waals surface area contributed by atoms with Crippen molar-refractivity contribution in [2.75, 3.05) is 11.4 Å². The van der Waals surface area contributed by atoms with E-state index in [9.17, 15) is 13.6 Å². The van der Waals surface area contributed by atoms with Crippen LogP contribution >= 0.6 is 0 Å². The van der Waals surface area contributed by atoms with Gasteiger partial charge in [0.25, 0.3) is 0 Å². The standard InChI is InChI=1S/C21H20F2N8O2/c1-12(16-11-30(21(22)23)28-26-16)33-19-7-6-18-25-9-17(31(18)27-19)13-2-4-15(5-3-13)29-10-14(24)8-20(29)32/h2-7,9,11-12,14,21H,8,10,24H2,1H3/t12?,14-/m0/s1. The molecule has 1 unspecified atom stereocenters. The molecule has 2 N–H and O–H groups in total. The van der Waals surface area contributed by atoms with Gasteiger partial charge in [0.1, 0.15) is 11.8 Å². The van der Waals surface area contributed by atoms with Gasteiger partial charge in [-0.2, -0.15) is 13.5 Å². The number of ether oxygens (including phenoxy) is 1. The topological polar surface area (TPSA) is 116 Å². The van der Waals surface area contributed by atoms with Crippen LogP contribution in [0.1, 0.15) is 31.7 Å². The van der Waals surface area contributed by atoms with Crippen molar-refractivity contribution >= 4 is 17.2 Å². The summed E-state index contributed by atoms with van der Waals surface area (Å²) in [6, 6.07) is 10.7. The third-order valence-electron chi connectivity index (χ3n) is 5.41. The van der Waals surface area contributed by atoms with Crippen LogP contribution in [0.5, 0.6) is 5.88 Å². The first-order valence-electron chi connectivity index (χ1n) is 10.3. The molecule has 0 spiro atoms. The molecule has 2 atom stereocenters. The molecular weight excluding hydrogens is 434 g/mol. The number of anilines is 1. The van der Waals surface area contributed by atoms with E-state index in [0.29, 0.717) is 23.3 Å². The number of aromatic nitrogens is 6. The Morgan fingerprint density at radius 3 is 2.64 bits per heavy atom. The zero-order chi connectivity index (χ0) is 23.1. The van der Waals surface area contributed by atoms with E-state index in [1.807, 2.05) is 24.3 Å². The maximum Gasteiger partial charge on any atom is 0.334 e.